The number of hydrogen-bond donors (Lipinski definition) is 1. The van der Waals surface area contributed by atoms with E-state index in [1.807, 2.05) is 43.3 Å². The largest absolute Gasteiger partial charge is 0.481 e. The highest BCUT2D eigenvalue weighted by atomic mass is 32.2. The standard InChI is InChI=1S/C25H20F3NO3S/c1-15-13-20(11-7-16(15)8-12-22(30)31)33-14-18-3-2-4-21-23(18)32-24(29-21)17-5-9-19(10-6-17)25(26,27)28/h2-7,9-11,13H,8,12,14H2,1H3,(H,30,31). The van der Waals surface area contributed by atoms with Gasteiger partial charge in [0.15, 0.2) is 5.58 Å². The smallest absolute Gasteiger partial charge is 0.416 e. The lowest BCUT2D eigenvalue weighted by atomic mass is 10.0. The molecule has 0 bridgehead atoms. The van der Waals surface area contributed by atoms with E-state index in [1.165, 1.54) is 12.1 Å². The van der Waals surface area contributed by atoms with Crippen molar-refractivity contribution in [1.82, 2.24) is 4.98 Å². The van der Waals surface area contributed by atoms with Gasteiger partial charge in [0.1, 0.15) is 5.52 Å². The molecular weight excluding hydrogens is 451 g/mol. The first kappa shape index (κ1) is 22.9. The van der Waals surface area contributed by atoms with E-state index in [-0.39, 0.29) is 12.3 Å². The van der Waals surface area contributed by atoms with Gasteiger partial charge < -0.3 is 9.52 Å². The van der Waals surface area contributed by atoms with Gasteiger partial charge in [0.05, 0.1) is 5.56 Å². The van der Waals surface area contributed by atoms with E-state index in [4.69, 9.17) is 9.52 Å². The number of aryl methyl sites for hydroxylation is 2. The predicted molar refractivity (Wildman–Crippen MR) is 121 cm³/mol. The monoisotopic (exact) mass is 471 g/mol. The summed E-state index contributed by atoms with van der Waals surface area (Å²) in [5.41, 5.74) is 3.99. The second-order valence-electron chi connectivity index (χ2n) is 7.63. The highest BCUT2D eigenvalue weighted by Gasteiger charge is 2.30. The van der Waals surface area contributed by atoms with Crippen LogP contribution in [-0.4, -0.2) is 16.1 Å². The minimum Gasteiger partial charge on any atom is -0.481 e. The van der Waals surface area contributed by atoms with Gasteiger partial charge in [-0.3, -0.25) is 4.79 Å². The van der Waals surface area contributed by atoms with Gasteiger partial charge in [-0.1, -0.05) is 18.2 Å². The number of benzene rings is 3. The lowest BCUT2D eigenvalue weighted by Crippen LogP contribution is -2.03. The molecule has 0 aliphatic rings. The number of carboxylic acid groups (broad SMARTS) is 1. The normalized spacial score (nSPS) is 11.8. The number of thioether (sulfide) groups is 1. The number of hydrogen-bond acceptors (Lipinski definition) is 4. The molecule has 0 fully saturated rings. The molecule has 0 atom stereocenters. The Hall–Kier alpha value is -3.26. The fourth-order valence-electron chi connectivity index (χ4n) is 3.49. The maximum absolute atomic E-state index is 12.8. The Morgan fingerprint density at radius 2 is 1.82 bits per heavy atom. The second-order valence-corrected chi connectivity index (χ2v) is 8.68. The fourth-order valence-corrected chi connectivity index (χ4v) is 4.46. The average Bonchev–Trinajstić information content (AvgIpc) is 3.21. The molecule has 0 saturated carbocycles. The van der Waals surface area contributed by atoms with E-state index in [2.05, 4.69) is 4.98 Å². The summed E-state index contributed by atoms with van der Waals surface area (Å²) in [6, 6.07) is 16.3. The number of carboxylic acids is 1. The van der Waals surface area contributed by atoms with Crippen LogP contribution < -0.4 is 0 Å². The highest BCUT2D eigenvalue weighted by molar-refractivity contribution is 7.98. The Kier molecular flexibility index (Phi) is 6.47. The van der Waals surface area contributed by atoms with Gasteiger partial charge >= 0.3 is 12.1 Å². The first-order chi connectivity index (χ1) is 15.7. The van der Waals surface area contributed by atoms with Crippen LogP contribution >= 0.6 is 11.8 Å². The van der Waals surface area contributed by atoms with Crippen LogP contribution in [0.15, 0.2) is 70.0 Å². The van der Waals surface area contributed by atoms with Crippen molar-refractivity contribution >= 4 is 28.8 Å². The van der Waals surface area contributed by atoms with Gasteiger partial charge in [-0.25, -0.2) is 4.98 Å². The van der Waals surface area contributed by atoms with Crippen LogP contribution in [0.25, 0.3) is 22.6 Å². The molecule has 0 aliphatic carbocycles. The molecule has 4 rings (SSSR count). The van der Waals surface area contributed by atoms with Crippen molar-refractivity contribution in [2.24, 2.45) is 0 Å². The summed E-state index contributed by atoms with van der Waals surface area (Å²) in [5.74, 6) is 0.0749. The van der Waals surface area contributed by atoms with Crippen LogP contribution in [0.2, 0.25) is 0 Å². The third-order valence-electron chi connectivity index (χ3n) is 5.27. The van der Waals surface area contributed by atoms with Crippen LogP contribution in [-0.2, 0) is 23.1 Å². The molecule has 8 heteroatoms. The number of fused-ring (bicyclic) bond motifs is 1. The van der Waals surface area contributed by atoms with E-state index in [0.29, 0.717) is 28.8 Å². The SMILES string of the molecule is Cc1cc(SCc2cccc3nc(-c4ccc(C(F)(F)F)cc4)oc23)ccc1CCC(=O)O. The Balaban J connectivity index is 1.52. The Labute approximate surface area is 192 Å². The number of aliphatic carboxylic acids is 1. The van der Waals surface area contributed by atoms with Crippen molar-refractivity contribution in [1.29, 1.82) is 0 Å². The van der Waals surface area contributed by atoms with Gasteiger partial charge in [0, 0.05) is 28.2 Å². The van der Waals surface area contributed by atoms with Crippen LogP contribution in [0.1, 0.15) is 28.7 Å². The fraction of sp³-hybridized carbons (Fsp3) is 0.200. The number of halogens is 3. The quantitative estimate of drug-likeness (QED) is 0.291. The number of oxazole rings is 1. The van der Waals surface area contributed by atoms with Crippen molar-refractivity contribution < 1.29 is 27.5 Å². The first-order valence-electron chi connectivity index (χ1n) is 10.2. The van der Waals surface area contributed by atoms with Gasteiger partial charge in [0.2, 0.25) is 5.89 Å². The molecule has 1 heterocycles. The van der Waals surface area contributed by atoms with Gasteiger partial charge in [-0.2, -0.15) is 13.2 Å². The molecule has 3 aromatic carbocycles. The van der Waals surface area contributed by atoms with E-state index in [9.17, 15) is 18.0 Å². The molecule has 0 saturated heterocycles. The number of carbonyl (C=O) groups is 1. The zero-order valence-electron chi connectivity index (χ0n) is 17.6. The third-order valence-corrected chi connectivity index (χ3v) is 6.31. The summed E-state index contributed by atoms with van der Waals surface area (Å²) in [4.78, 5) is 16.3. The molecule has 0 spiro atoms. The molecule has 1 N–H and O–H groups in total. The Morgan fingerprint density at radius 1 is 1.06 bits per heavy atom. The molecule has 0 amide bonds. The molecule has 4 aromatic rings. The zero-order valence-corrected chi connectivity index (χ0v) is 18.5. The number of alkyl halides is 3. The molecule has 0 radical (unpaired) electrons. The number of para-hydroxylation sites is 1. The van der Waals surface area contributed by atoms with E-state index >= 15 is 0 Å². The lowest BCUT2D eigenvalue weighted by Gasteiger charge is -2.08. The van der Waals surface area contributed by atoms with E-state index in [0.717, 1.165) is 33.7 Å². The van der Waals surface area contributed by atoms with Crippen molar-refractivity contribution in [3.05, 3.63) is 82.9 Å². The lowest BCUT2D eigenvalue weighted by molar-refractivity contribution is -0.138. The average molecular weight is 472 g/mol. The van der Waals surface area contributed by atoms with Crippen LogP contribution in [0, 0.1) is 6.92 Å². The predicted octanol–water partition coefficient (Wildman–Crippen LogP) is 7.13. The molecule has 33 heavy (non-hydrogen) atoms. The molecular formula is C25H20F3NO3S. The summed E-state index contributed by atoms with van der Waals surface area (Å²) in [5, 5.41) is 8.87. The highest BCUT2D eigenvalue weighted by Crippen LogP contribution is 2.33. The molecule has 1 aromatic heterocycles. The first-order valence-corrected chi connectivity index (χ1v) is 11.2. The van der Waals surface area contributed by atoms with Gasteiger partial charge in [0.25, 0.3) is 0 Å². The van der Waals surface area contributed by atoms with E-state index in [1.54, 1.807) is 11.8 Å². The second kappa shape index (κ2) is 9.31. The van der Waals surface area contributed by atoms with Gasteiger partial charge in [-0.05, 0) is 66.9 Å². The molecule has 170 valence electrons. The van der Waals surface area contributed by atoms with Crippen molar-refractivity contribution in [2.45, 2.75) is 36.6 Å². The molecule has 4 nitrogen and oxygen atoms in total. The van der Waals surface area contributed by atoms with E-state index < -0.39 is 17.7 Å². The van der Waals surface area contributed by atoms with Crippen LogP contribution in [0.4, 0.5) is 13.2 Å². The third kappa shape index (κ3) is 5.39. The van der Waals surface area contributed by atoms with Crippen molar-refractivity contribution in [3.63, 3.8) is 0 Å². The number of nitrogens with zero attached hydrogens (tertiary/aromatic N) is 1. The van der Waals surface area contributed by atoms with Crippen LogP contribution in [0.5, 0.6) is 0 Å². The molecule has 0 aliphatic heterocycles. The Bertz CT molecular complexity index is 1300. The number of aromatic nitrogens is 1. The van der Waals surface area contributed by atoms with Crippen molar-refractivity contribution in [2.75, 3.05) is 0 Å². The number of rotatable bonds is 7. The zero-order chi connectivity index (χ0) is 23.6. The summed E-state index contributed by atoms with van der Waals surface area (Å²) in [7, 11) is 0. The summed E-state index contributed by atoms with van der Waals surface area (Å²) in [6.07, 6.45) is -3.80. The van der Waals surface area contributed by atoms with Crippen LogP contribution in [0.3, 0.4) is 0 Å². The summed E-state index contributed by atoms with van der Waals surface area (Å²) >= 11 is 1.62. The topological polar surface area (TPSA) is 63.3 Å². The van der Waals surface area contributed by atoms with Crippen molar-refractivity contribution in [3.8, 4) is 11.5 Å². The maximum atomic E-state index is 12.8. The minimum absolute atomic E-state index is 0.0993. The maximum Gasteiger partial charge on any atom is 0.416 e. The van der Waals surface area contributed by atoms with Gasteiger partial charge in [-0.15, -0.1) is 11.8 Å². The summed E-state index contributed by atoms with van der Waals surface area (Å²) in [6.45, 7) is 1.97. The Morgan fingerprint density at radius 3 is 2.48 bits per heavy atom. The summed E-state index contributed by atoms with van der Waals surface area (Å²) < 4.78 is 44.4. The minimum atomic E-state index is -4.39. The molecule has 0 unspecified atom stereocenters.